The molecule has 2 heterocycles. The van der Waals surface area contributed by atoms with Crippen LogP contribution in [0.4, 0.5) is 0 Å². The van der Waals surface area contributed by atoms with Crippen LogP contribution in [0.25, 0.3) is 11.2 Å². The lowest BCUT2D eigenvalue weighted by Gasteiger charge is -2.15. The van der Waals surface area contributed by atoms with Gasteiger partial charge in [-0.3, -0.25) is 18.7 Å². The molecule has 1 atom stereocenters. The Balaban J connectivity index is 1.31. The van der Waals surface area contributed by atoms with Gasteiger partial charge in [-0.1, -0.05) is 38.5 Å². The number of carbonyl (C=O) groups excluding carboxylic acids is 1. The molecule has 0 bridgehead atoms. The molecule has 220 valence electrons. The number of amides is 1. The number of rotatable bonds is 16. The van der Waals surface area contributed by atoms with E-state index in [4.69, 9.17) is 14.2 Å². The molecule has 0 aliphatic rings. The van der Waals surface area contributed by atoms with Crippen LogP contribution in [0.15, 0.2) is 28.0 Å². The van der Waals surface area contributed by atoms with Crippen LogP contribution in [0.2, 0.25) is 0 Å². The van der Waals surface area contributed by atoms with E-state index in [2.05, 4.69) is 10.3 Å². The minimum Gasteiger partial charge on any atom is -0.493 e. The van der Waals surface area contributed by atoms with E-state index < -0.39 is 6.10 Å². The van der Waals surface area contributed by atoms with Gasteiger partial charge in [0.2, 0.25) is 5.75 Å². The van der Waals surface area contributed by atoms with E-state index in [1.54, 1.807) is 37.1 Å². The average Bonchev–Trinajstić information content (AvgIpc) is 3.35. The van der Waals surface area contributed by atoms with Gasteiger partial charge in [0.25, 0.3) is 11.5 Å². The third-order valence-corrected chi connectivity index (χ3v) is 7.05. The Kier molecular flexibility index (Phi) is 11.2. The molecule has 1 amide bonds. The number of unbranched alkanes of at least 4 members (excludes halogenated alkanes) is 6. The van der Waals surface area contributed by atoms with Crippen molar-refractivity contribution in [2.75, 3.05) is 27.9 Å². The summed E-state index contributed by atoms with van der Waals surface area (Å²) in [4.78, 5) is 42.0. The predicted molar refractivity (Wildman–Crippen MR) is 152 cm³/mol. The summed E-state index contributed by atoms with van der Waals surface area (Å²) in [5.74, 6) is 0.845. The lowest BCUT2D eigenvalue weighted by Crippen LogP contribution is -2.39. The molecule has 0 saturated heterocycles. The predicted octanol–water partition coefficient (Wildman–Crippen LogP) is 2.37. The largest absolute Gasteiger partial charge is 0.493 e. The fraction of sp³-hybridized carbons (Fsp3) is 0.571. The number of methoxy groups -OCH3 is 3. The lowest BCUT2D eigenvalue weighted by molar-refractivity contribution is 0.0908. The Morgan fingerprint density at radius 3 is 2.15 bits per heavy atom. The SMILES string of the molecule is COc1cc(C(=O)NCC(O)CCCCCCCCCn2c(=O)c3c(ncn3C)n(C)c2=O)cc(OC)c1OC. The molecule has 1 unspecified atom stereocenters. The Bertz CT molecular complexity index is 1380. The average molecular weight is 560 g/mol. The standard InChI is InChI=1S/C28H41N5O7/c1-31-18-30-25-23(31)27(36)33(28(37)32(25)2)14-12-10-8-6-7-9-11-13-20(34)17-29-26(35)19-15-21(38-3)24(40-5)22(16-19)39-4/h15-16,18,20,34H,6-14,17H2,1-5H3,(H,29,35). The molecule has 0 spiro atoms. The zero-order valence-electron chi connectivity index (χ0n) is 24.1. The van der Waals surface area contributed by atoms with E-state index in [0.717, 1.165) is 44.9 Å². The van der Waals surface area contributed by atoms with Crippen molar-refractivity contribution in [3.05, 3.63) is 44.9 Å². The topological polar surface area (TPSA) is 139 Å². The maximum absolute atomic E-state index is 12.7. The summed E-state index contributed by atoms with van der Waals surface area (Å²) in [7, 11) is 7.85. The first-order chi connectivity index (χ1) is 19.2. The quantitative estimate of drug-likeness (QED) is 0.255. The van der Waals surface area contributed by atoms with Crippen molar-refractivity contribution in [1.29, 1.82) is 0 Å². The molecule has 0 radical (unpaired) electrons. The smallest absolute Gasteiger partial charge is 0.332 e. The zero-order chi connectivity index (χ0) is 29.2. The summed E-state index contributed by atoms with van der Waals surface area (Å²) in [6.45, 7) is 0.541. The zero-order valence-corrected chi connectivity index (χ0v) is 24.1. The number of fused-ring (bicyclic) bond motifs is 1. The van der Waals surface area contributed by atoms with E-state index in [9.17, 15) is 19.5 Å². The van der Waals surface area contributed by atoms with Gasteiger partial charge >= 0.3 is 5.69 Å². The number of hydrogen-bond donors (Lipinski definition) is 2. The van der Waals surface area contributed by atoms with Crippen LogP contribution >= 0.6 is 0 Å². The van der Waals surface area contributed by atoms with Crippen molar-refractivity contribution in [3.8, 4) is 17.2 Å². The molecule has 2 aromatic heterocycles. The van der Waals surface area contributed by atoms with E-state index in [1.165, 1.54) is 30.5 Å². The van der Waals surface area contributed by atoms with E-state index in [0.29, 0.717) is 46.9 Å². The summed E-state index contributed by atoms with van der Waals surface area (Å²) < 4.78 is 20.2. The molecule has 0 aliphatic heterocycles. The van der Waals surface area contributed by atoms with E-state index in [-0.39, 0.29) is 23.7 Å². The second kappa shape index (κ2) is 14.5. The van der Waals surface area contributed by atoms with Crippen LogP contribution in [-0.4, -0.2) is 63.7 Å². The highest BCUT2D eigenvalue weighted by atomic mass is 16.5. The molecular formula is C28H41N5O7. The number of hydrogen-bond acceptors (Lipinski definition) is 8. The maximum Gasteiger partial charge on any atom is 0.332 e. The Morgan fingerprint density at radius 1 is 0.950 bits per heavy atom. The van der Waals surface area contributed by atoms with Crippen molar-refractivity contribution in [2.45, 2.75) is 64.0 Å². The van der Waals surface area contributed by atoms with Gasteiger partial charge in [-0.05, 0) is 25.0 Å². The Labute approximate surface area is 233 Å². The number of aryl methyl sites for hydroxylation is 2. The van der Waals surface area contributed by atoms with Crippen LogP contribution in [0, 0.1) is 0 Å². The number of aliphatic hydroxyl groups is 1. The highest BCUT2D eigenvalue weighted by Crippen LogP contribution is 2.38. The monoisotopic (exact) mass is 559 g/mol. The summed E-state index contributed by atoms with van der Waals surface area (Å²) in [5.41, 5.74) is 0.556. The Morgan fingerprint density at radius 2 is 1.55 bits per heavy atom. The highest BCUT2D eigenvalue weighted by Gasteiger charge is 2.18. The molecule has 2 N–H and O–H groups in total. The van der Waals surface area contributed by atoms with Gasteiger partial charge in [0, 0.05) is 32.7 Å². The van der Waals surface area contributed by atoms with Gasteiger partial charge in [0.15, 0.2) is 22.7 Å². The van der Waals surface area contributed by atoms with Gasteiger partial charge < -0.3 is 29.2 Å². The van der Waals surface area contributed by atoms with Gasteiger partial charge in [0.1, 0.15) is 0 Å². The summed E-state index contributed by atoms with van der Waals surface area (Å²) in [6.07, 6.45) is 8.11. The van der Waals surface area contributed by atoms with Crippen molar-refractivity contribution in [1.82, 2.24) is 24.0 Å². The molecule has 3 aromatic rings. The van der Waals surface area contributed by atoms with Gasteiger partial charge in [0.05, 0.1) is 33.8 Å². The van der Waals surface area contributed by atoms with Gasteiger partial charge in [-0.15, -0.1) is 0 Å². The van der Waals surface area contributed by atoms with Crippen LogP contribution in [0.3, 0.4) is 0 Å². The van der Waals surface area contributed by atoms with E-state index >= 15 is 0 Å². The fourth-order valence-electron chi connectivity index (χ4n) is 4.75. The summed E-state index contributed by atoms with van der Waals surface area (Å²) in [5, 5.41) is 13.1. The van der Waals surface area contributed by atoms with Gasteiger partial charge in [-0.25, -0.2) is 9.78 Å². The Hall–Kier alpha value is -3.80. The van der Waals surface area contributed by atoms with Crippen molar-refractivity contribution in [2.24, 2.45) is 14.1 Å². The number of carbonyl (C=O) groups is 1. The molecular weight excluding hydrogens is 518 g/mol. The molecule has 12 nitrogen and oxygen atoms in total. The molecule has 0 fully saturated rings. The second-order valence-corrected chi connectivity index (χ2v) is 9.87. The van der Waals surface area contributed by atoms with Crippen molar-refractivity contribution >= 4 is 17.1 Å². The molecule has 3 rings (SSSR count). The van der Waals surface area contributed by atoms with Crippen molar-refractivity contribution < 1.29 is 24.1 Å². The number of aromatic nitrogens is 4. The number of aliphatic hydroxyl groups excluding tert-OH is 1. The molecule has 1 aromatic carbocycles. The van der Waals surface area contributed by atoms with Crippen LogP contribution in [-0.2, 0) is 20.6 Å². The van der Waals surface area contributed by atoms with Gasteiger partial charge in [-0.2, -0.15) is 0 Å². The third kappa shape index (κ3) is 7.23. The summed E-state index contributed by atoms with van der Waals surface area (Å²) >= 11 is 0. The number of ether oxygens (including phenoxy) is 3. The maximum atomic E-state index is 12.7. The van der Waals surface area contributed by atoms with Crippen LogP contribution in [0.5, 0.6) is 17.2 Å². The van der Waals surface area contributed by atoms with Crippen LogP contribution in [0.1, 0.15) is 61.7 Å². The number of imidazole rings is 1. The van der Waals surface area contributed by atoms with Crippen LogP contribution < -0.4 is 30.8 Å². The number of nitrogens with zero attached hydrogens (tertiary/aromatic N) is 4. The first-order valence-corrected chi connectivity index (χ1v) is 13.6. The first kappa shape index (κ1) is 30.7. The minimum atomic E-state index is -0.635. The van der Waals surface area contributed by atoms with Crippen molar-refractivity contribution in [3.63, 3.8) is 0 Å². The molecule has 12 heteroatoms. The minimum absolute atomic E-state index is 0.152. The number of benzene rings is 1. The second-order valence-electron chi connectivity index (χ2n) is 9.87. The molecule has 0 aliphatic carbocycles. The lowest BCUT2D eigenvalue weighted by atomic mass is 10.1. The summed E-state index contributed by atoms with van der Waals surface area (Å²) in [6, 6.07) is 3.14. The first-order valence-electron chi connectivity index (χ1n) is 13.6. The van der Waals surface area contributed by atoms with E-state index in [1.807, 2.05) is 0 Å². The molecule has 40 heavy (non-hydrogen) atoms. The molecule has 0 saturated carbocycles. The number of nitrogens with one attached hydrogen (secondary N) is 1. The fourth-order valence-corrected chi connectivity index (χ4v) is 4.75. The highest BCUT2D eigenvalue weighted by molar-refractivity contribution is 5.95. The third-order valence-electron chi connectivity index (χ3n) is 7.05. The normalized spacial score (nSPS) is 11.9.